The highest BCUT2D eigenvalue weighted by Gasteiger charge is 2.17. The summed E-state index contributed by atoms with van der Waals surface area (Å²) < 4.78 is 2.09. The first-order valence-corrected chi connectivity index (χ1v) is 6.91. The van der Waals surface area contributed by atoms with Gasteiger partial charge in [-0.2, -0.15) is 5.10 Å². The number of hydrogen-bond donors (Lipinski definition) is 1. The van der Waals surface area contributed by atoms with Crippen LogP contribution in [0.4, 0.5) is 0 Å². The number of nitrogens with zero attached hydrogens (tertiary/aromatic N) is 2. The molecule has 4 heteroatoms. The molecule has 1 heterocycles. The summed E-state index contributed by atoms with van der Waals surface area (Å²) in [6.07, 6.45) is 9.43. The van der Waals surface area contributed by atoms with Crippen molar-refractivity contribution in [2.24, 2.45) is 5.92 Å². The molecule has 4 nitrogen and oxygen atoms in total. The highest BCUT2D eigenvalue weighted by Crippen LogP contribution is 2.27. The van der Waals surface area contributed by atoms with E-state index < -0.39 is 5.97 Å². The van der Waals surface area contributed by atoms with Gasteiger partial charge >= 0.3 is 5.97 Å². The van der Waals surface area contributed by atoms with Crippen molar-refractivity contribution in [2.45, 2.75) is 57.9 Å². The molecule has 0 saturated heterocycles. The standard InChI is InChI=1S/C14H22N2O2/c1-11(10-14(17)18)9-12-7-8-16(15-12)13-5-3-2-4-6-13/h7-8,11,13H,2-6,9-10H2,1H3,(H,17,18). The van der Waals surface area contributed by atoms with Crippen LogP contribution in [0.15, 0.2) is 12.3 Å². The van der Waals surface area contributed by atoms with Crippen LogP contribution in [0.5, 0.6) is 0 Å². The molecule has 1 aromatic rings. The van der Waals surface area contributed by atoms with Crippen LogP contribution >= 0.6 is 0 Å². The lowest BCUT2D eigenvalue weighted by Gasteiger charge is -2.21. The zero-order valence-electron chi connectivity index (χ0n) is 11.0. The quantitative estimate of drug-likeness (QED) is 0.873. The first-order chi connectivity index (χ1) is 8.65. The average Bonchev–Trinajstić information content (AvgIpc) is 2.77. The Bertz CT molecular complexity index is 394. The van der Waals surface area contributed by atoms with Gasteiger partial charge in [0.05, 0.1) is 11.7 Å². The number of carbonyl (C=O) groups is 1. The Labute approximate surface area is 108 Å². The summed E-state index contributed by atoms with van der Waals surface area (Å²) in [4.78, 5) is 10.6. The highest BCUT2D eigenvalue weighted by atomic mass is 16.4. The minimum absolute atomic E-state index is 0.150. The largest absolute Gasteiger partial charge is 0.481 e. The van der Waals surface area contributed by atoms with Gasteiger partial charge in [-0.25, -0.2) is 0 Å². The van der Waals surface area contributed by atoms with Gasteiger partial charge in [0, 0.05) is 12.6 Å². The molecule has 1 fully saturated rings. The third-order valence-corrected chi connectivity index (χ3v) is 3.69. The zero-order valence-corrected chi connectivity index (χ0v) is 11.0. The maximum atomic E-state index is 10.6. The monoisotopic (exact) mass is 250 g/mol. The third-order valence-electron chi connectivity index (χ3n) is 3.69. The normalized spacial score (nSPS) is 18.7. The summed E-state index contributed by atoms with van der Waals surface area (Å²) in [6, 6.07) is 2.59. The number of aromatic nitrogens is 2. The Hall–Kier alpha value is -1.32. The molecule has 0 bridgehead atoms. The molecule has 1 aliphatic carbocycles. The molecule has 18 heavy (non-hydrogen) atoms. The summed E-state index contributed by atoms with van der Waals surface area (Å²) in [7, 11) is 0. The predicted molar refractivity (Wildman–Crippen MR) is 69.5 cm³/mol. The molecular formula is C14H22N2O2. The third kappa shape index (κ3) is 3.59. The van der Waals surface area contributed by atoms with Crippen LogP contribution in [0.25, 0.3) is 0 Å². The fourth-order valence-corrected chi connectivity index (χ4v) is 2.76. The molecule has 1 atom stereocenters. The molecule has 1 unspecified atom stereocenters. The molecule has 1 aromatic heterocycles. The van der Waals surface area contributed by atoms with E-state index in [1.807, 2.05) is 13.0 Å². The Kier molecular flexibility index (Phi) is 4.39. The topological polar surface area (TPSA) is 55.1 Å². The van der Waals surface area contributed by atoms with Crippen molar-refractivity contribution < 1.29 is 9.90 Å². The molecule has 0 radical (unpaired) electrons. The molecule has 1 saturated carbocycles. The minimum atomic E-state index is -0.728. The van der Waals surface area contributed by atoms with Gasteiger partial charge in [-0.1, -0.05) is 26.2 Å². The van der Waals surface area contributed by atoms with Crippen molar-refractivity contribution in [1.29, 1.82) is 0 Å². The summed E-state index contributed by atoms with van der Waals surface area (Å²) in [5, 5.41) is 13.4. The van der Waals surface area contributed by atoms with Crippen LogP contribution in [0.1, 0.15) is 57.2 Å². The van der Waals surface area contributed by atoms with Crippen molar-refractivity contribution in [2.75, 3.05) is 0 Å². The van der Waals surface area contributed by atoms with E-state index in [1.165, 1.54) is 32.1 Å². The number of rotatable bonds is 5. The second-order valence-electron chi connectivity index (χ2n) is 5.49. The lowest BCUT2D eigenvalue weighted by Crippen LogP contribution is -2.14. The molecule has 2 rings (SSSR count). The van der Waals surface area contributed by atoms with Gasteiger partial charge in [0.2, 0.25) is 0 Å². The van der Waals surface area contributed by atoms with E-state index in [0.717, 1.165) is 12.1 Å². The maximum absolute atomic E-state index is 10.6. The lowest BCUT2D eigenvalue weighted by atomic mass is 9.96. The predicted octanol–water partition coefficient (Wildman–Crippen LogP) is 3.04. The smallest absolute Gasteiger partial charge is 0.303 e. The van der Waals surface area contributed by atoms with E-state index in [4.69, 9.17) is 5.11 Å². The highest BCUT2D eigenvalue weighted by molar-refractivity contribution is 5.66. The number of hydrogen-bond acceptors (Lipinski definition) is 2. The van der Waals surface area contributed by atoms with Crippen LogP contribution in [0.3, 0.4) is 0 Å². The average molecular weight is 250 g/mol. The number of carboxylic acid groups (broad SMARTS) is 1. The summed E-state index contributed by atoms with van der Waals surface area (Å²) in [5.41, 5.74) is 1.02. The van der Waals surface area contributed by atoms with E-state index in [0.29, 0.717) is 6.04 Å². The molecule has 1 N–H and O–H groups in total. The molecule has 1 aliphatic rings. The van der Waals surface area contributed by atoms with Crippen molar-refractivity contribution in [1.82, 2.24) is 9.78 Å². The van der Waals surface area contributed by atoms with Gasteiger partial charge in [-0.05, 0) is 31.2 Å². The second kappa shape index (κ2) is 6.03. The van der Waals surface area contributed by atoms with Crippen molar-refractivity contribution in [3.8, 4) is 0 Å². The van der Waals surface area contributed by atoms with Crippen molar-refractivity contribution >= 4 is 5.97 Å². The van der Waals surface area contributed by atoms with Crippen molar-refractivity contribution in [3.05, 3.63) is 18.0 Å². The first kappa shape index (κ1) is 13.1. The van der Waals surface area contributed by atoms with E-state index in [1.54, 1.807) is 0 Å². The molecule has 100 valence electrons. The van der Waals surface area contributed by atoms with Crippen LogP contribution in [-0.4, -0.2) is 20.9 Å². The first-order valence-electron chi connectivity index (χ1n) is 6.91. The van der Waals surface area contributed by atoms with E-state index in [9.17, 15) is 4.79 Å². The van der Waals surface area contributed by atoms with Gasteiger partial charge in [-0.15, -0.1) is 0 Å². The van der Waals surface area contributed by atoms with Gasteiger partial charge < -0.3 is 5.11 Å². The molecule has 0 amide bonds. The fraction of sp³-hybridized carbons (Fsp3) is 0.714. The van der Waals surface area contributed by atoms with Crippen LogP contribution < -0.4 is 0 Å². The molecular weight excluding hydrogens is 228 g/mol. The lowest BCUT2D eigenvalue weighted by molar-refractivity contribution is -0.137. The summed E-state index contributed by atoms with van der Waals surface area (Å²) >= 11 is 0. The van der Waals surface area contributed by atoms with E-state index in [-0.39, 0.29) is 12.3 Å². The Morgan fingerprint density at radius 3 is 2.89 bits per heavy atom. The summed E-state index contributed by atoms with van der Waals surface area (Å²) in [6.45, 7) is 1.97. The van der Waals surface area contributed by atoms with Gasteiger partial charge in [0.15, 0.2) is 0 Å². The fourth-order valence-electron chi connectivity index (χ4n) is 2.76. The van der Waals surface area contributed by atoms with Gasteiger partial charge in [-0.3, -0.25) is 9.48 Å². The van der Waals surface area contributed by atoms with E-state index in [2.05, 4.69) is 16.0 Å². The Morgan fingerprint density at radius 1 is 1.50 bits per heavy atom. The molecule has 0 aromatic carbocycles. The zero-order chi connectivity index (χ0) is 13.0. The SMILES string of the molecule is CC(CC(=O)O)Cc1ccn(C2CCCCC2)n1. The van der Waals surface area contributed by atoms with Crippen molar-refractivity contribution in [3.63, 3.8) is 0 Å². The maximum Gasteiger partial charge on any atom is 0.303 e. The number of aliphatic carboxylic acids is 1. The van der Waals surface area contributed by atoms with Crippen LogP contribution in [0, 0.1) is 5.92 Å². The Balaban J connectivity index is 1.91. The van der Waals surface area contributed by atoms with E-state index >= 15 is 0 Å². The van der Waals surface area contributed by atoms with Crippen LogP contribution in [0.2, 0.25) is 0 Å². The van der Waals surface area contributed by atoms with Gasteiger partial charge in [0.1, 0.15) is 0 Å². The number of carboxylic acids is 1. The second-order valence-corrected chi connectivity index (χ2v) is 5.49. The molecule has 0 aliphatic heterocycles. The van der Waals surface area contributed by atoms with Crippen LogP contribution in [-0.2, 0) is 11.2 Å². The Morgan fingerprint density at radius 2 is 2.22 bits per heavy atom. The van der Waals surface area contributed by atoms with Gasteiger partial charge in [0.25, 0.3) is 0 Å². The minimum Gasteiger partial charge on any atom is -0.481 e. The summed E-state index contributed by atoms with van der Waals surface area (Å²) in [5.74, 6) is -0.577. The molecule has 0 spiro atoms.